The molecule has 2 aromatic carbocycles. The first-order valence-electron chi connectivity index (χ1n) is 6.62. The number of hydrogen-bond donors (Lipinski definition) is 1. The number of aliphatic hydroxyl groups is 1. The van der Waals surface area contributed by atoms with Gasteiger partial charge in [-0.15, -0.1) is 0 Å². The molecule has 3 heteroatoms. The lowest BCUT2D eigenvalue weighted by Crippen LogP contribution is -2.09. The summed E-state index contributed by atoms with van der Waals surface area (Å²) >= 11 is 0. The van der Waals surface area contributed by atoms with Gasteiger partial charge in [0.1, 0.15) is 18.5 Å². The van der Waals surface area contributed by atoms with Crippen LogP contribution in [-0.2, 0) is 6.42 Å². The summed E-state index contributed by atoms with van der Waals surface area (Å²) in [4.78, 5) is 0. The third kappa shape index (κ3) is 3.59. The average Bonchev–Trinajstić information content (AvgIpc) is 2.53. The predicted molar refractivity (Wildman–Crippen MR) is 77.4 cm³/mol. The number of nitriles is 1. The van der Waals surface area contributed by atoms with Crippen LogP contribution in [0.15, 0.2) is 48.5 Å². The molecule has 0 spiro atoms. The van der Waals surface area contributed by atoms with Gasteiger partial charge in [-0.1, -0.05) is 31.2 Å². The minimum atomic E-state index is -0.701. The number of benzene rings is 2. The van der Waals surface area contributed by atoms with Gasteiger partial charge < -0.3 is 9.84 Å². The van der Waals surface area contributed by atoms with Gasteiger partial charge >= 0.3 is 0 Å². The molecule has 1 unspecified atom stereocenters. The molecule has 0 aromatic heterocycles. The molecule has 0 bridgehead atoms. The summed E-state index contributed by atoms with van der Waals surface area (Å²) < 4.78 is 5.61. The summed E-state index contributed by atoms with van der Waals surface area (Å²) in [5.74, 6) is 0.761. The summed E-state index contributed by atoms with van der Waals surface area (Å²) in [5, 5.41) is 18.8. The highest BCUT2D eigenvalue weighted by molar-refractivity contribution is 5.33. The van der Waals surface area contributed by atoms with Gasteiger partial charge in [-0.05, 0) is 41.8 Å². The standard InChI is InChI=1S/C17H17NO2/c1-2-13-4-3-5-16(10-13)20-12-17(19)15-8-6-14(11-18)7-9-15/h3-10,17,19H,2,12H2,1H3. The molecule has 0 saturated carbocycles. The first kappa shape index (κ1) is 14.1. The number of ether oxygens (including phenoxy) is 1. The molecule has 0 amide bonds. The maximum Gasteiger partial charge on any atom is 0.119 e. The van der Waals surface area contributed by atoms with Crippen molar-refractivity contribution in [3.63, 3.8) is 0 Å². The summed E-state index contributed by atoms with van der Waals surface area (Å²) in [6, 6.07) is 16.8. The van der Waals surface area contributed by atoms with Crippen molar-refractivity contribution in [3.8, 4) is 11.8 Å². The fraction of sp³-hybridized carbons (Fsp3) is 0.235. The fourth-order valence-corrected chi connectivity index (χ4v) is 1.91. The quantitative estimate of drug-likeness (QED) is 0.904. The Morgan fingerprint density at radius 2 is 1.95 bits per heavy atom. The van der Waals surface area contributed by atoms with Crippen LogP contribution in [0.4, 0.5) is 0 Å². The van der Waals surface area contributed by atoms with E-state index in [4.69, 9.17) is 10.00 Å². The molecule has 0 fully saturated rings. The fourth-order valence-electron chi connectivity index (χ4n) is 1.91. The highest BCUT2D eigenvalue weighted by atomic mass is 16.5. The molecule has 102 valence electrons. The van der Waals surface area contributed by atoms with Crippen LogP contribution < -0.4 is 4.74 Å². The maximum absolute atomic E-state index is 10.1. The lowest BCUT2D eigenvalue weighted by molar-refractivity contribution is 0.108. The monoisotopic (exact) mass is 267 g/mol. The van der Waals surface area contributed by atoms with Crippen LogP contribution in [0.3, 0.4) is 0 Å². The van der Waals surface area contributed by atoms with Gasteiger partial charge in [0.05, 0.1) is 11.6 Å². The first-order chi connectivity index (χ1) is 9.72. The molecule has 2 aromatic rings. The van der Waals surface area contributed by atoms with E-state index in [-0.39, 0.29) is 6.61 Å². The Morgan fingerprint density at radius 3 is 2.60 bits per heavy atom. The minimum absolute atomic E-state index is 0.194. The number of aryl methyl sites for hydroxylation is 1. The summed E-state index contributed by atoms with van der Waals surface area (Å²) in [6.45, 7) is 2.28. The average molecular weight is 267 g/mol. The van der Waals surface area contributed by atoms with Crippen molar-refractivity contribution in [3.05, 3.63) is 65.2 Å². The molecule has 1 N–H and O–H groups in total. The van der Waals surface area contributed by atoms with Crippen LogP contribution >= 0.6 is 0 Å². The van der Waals surface area contributed by atoms with Gasteiger partial charge in [0, 0.05) is 0 Å². The van der Waals surface area contributed by atoms with Crippen molar-refractivity contribution in [2.24, 2.45) is 0 Å². The van der Waals surface area contributed by atoms with Crippen molar-refractivity contribution in [2.75, 3.05) is 6.61 Å². The van der Waals surface area contributed by atoms with Crippen molar-refractivity contribution >= 4 is 0 Å². The topological polar surface area (TPSA) is 53.2 Å². The maximum atomic E-state index is 10.1. The van der Waals surface area contributed by atoms with E-state index in [1.807, 2.05) is 24.3 Å². The Morgan fingerprint density at radius 1 is 1.20 bits per heavy atom. The molecule has 2 rings (SSSR count). The van der Waals surface area contributed by atoms with E-state index in [0.29, 0.717) is 5.56 Å². The zero-order chi connectivity index (χ0) is 14.4. The Balaban J connectivity index is 1.97. The van der Waals surface area contributed by atoms with Gasteiger partial charge in [-0.25, -0.2) is 0 Å². The van der Waals surface area contributed by atoms with Crippen LogP contribution in [0, 0.1) is 11.3 Å². The molecule has 0 aliphatic rings. The predicted octanol–water partition coefficient (Wildman–Crippen LogP) is 3.23. The summed E-state index contributed by atoms with van der Waals surface area (Å²) in [6.07, 6.45) is 0.253. The van der Waals surface area contributed by atoms with E-state index in [9.17, 15) is 5.11 Å². The first-order valence-corrected chi connectivity index (χ1v) is 6.62. The van der Waals surface area contributed by atoms with E-state index < -0.39 is 6.10 Å². The van der Waals surface area contributed by atoms with E-state index in [1.165, 1.54) is 5.56 Å². The van der Waals surface area contributed by atoms with E-state index in [0.717, 1.165) is 17.7 Å². The Labute approximate surface area is 119 Å². The zero-order valence-electron chi connectivity index (χ0n) is 11.4. The number of aliphatic hydroxyl groups excluding tert-OH is 1. The van der Waals surface area contributed by atoms with Gasteiger partial charge in [-0.3, -0.25) is 0 Å². The second-order valence-electron chi connectivity index (χ2n) is 4.56. The summed E-state index contributed by atoms with van der Waals surface area (Å²) in [5.41, 5.74) is 2.53. The smallest absolute Gasteiger partial charge is 0.119 e. The largest absolute Gasteiger partial charge is 0.491 e. The highest BCUT2D eigenvalue weighted by Gasteiger charge is 2.08. The second-order valence-corrected chi connectivity index (χ2v) is 4.56. The van der Waals surface area contributed by atoms with E-state index in [2.05, 4.69) is 13.0 Å². The van der Waals surface area contributed by atoms with E-state index >= 15 is 0 Å². The van der Waals surface area contributed by atoms with Crippen LogP contribution in [0.5, 0.6) is 5.75 Å². The molecule has 0 radical (unpaired) electrons. The molecule has 0 aliphatic carbocycles. The van der Waals surface area contributed by atoms with Gasteiger partial charge in [0.25, 0.3) is 0 Å². The minimum Gasteiger partial charge on any atom is -0.491 e. The SMILES string of the molecule is CCc1cccc(OCC(O)c2ccc(C#N)cc2)c1. The van der Waals surface area contributed by atoms with Gasteiger partial charge in [0.15, 0.2) is 0 Å². The number of nitrogens with zero attached hydrogens (tertiary/aromatic N) is 1. The molecule has 1 atom stereocenters. The van der Waals surface area contributed by atoms with Gasteiger partial charge in [0.2, 0.25) is 0 Å². The molecule has 3 nitrogen and oxygen atoms in total. The molecule has 0 saturated heterocycles. The second kappa shape index (κ2) is 6.74. The summed E-state index contributed by atoms with van der Waals surface area (Å²) in [7, 11) is 0. The van der Waals surface area contributed by atoms with Crippen molar-refractivity contribution in [2.45, 2.75) is 19.4 Å². The third-order valence-corrected chi connectivity index (χ3v) is 3.14. The number of hydrogen-bond acceptors (Lipinski definition) is 3. The molecule has 0 heterocycles. The third-order valence-electron chi connectivity index (χ3n) is 3.14. The molecular weight excluding hydrogens is 250 g/mol. The molecule has 20 heavy (non-hydrogen) atoms. The Kier molecular flexibility index (Phi) is 4.75. The zero-order valence-corrected chi connectivity index (χ0v) is 11.4. The van der Waals surface area contributed by atoms with Crippen molar-refractivity contribution < 1.29 is 9.84 Å². The highest BCUT2D eigenvalue weighted by Crippen LogP contribution is 2.18. The van der Waals surface area contributed by atoms with Crippen molar-refractivity contribution in [1.82, 2.24) is 0 Å². The van der Waals surface area contributed by atoms with Crippen LogP contribution in [0.2, 0.25) is 0 Å². The van der Waals surface area contributed by atoms with Crippen LogP contribution in [0.25, 0.3) is 0 Å². The lowest BCUT2D eigenvalue weighted by atomic mass is 10.1. The van der Waals surface area contributed by atoms with Gasteiger partial charge in [-0.2, -0.15) is 5.26 Å². The molecule has 0 aliphatic heterocycles. The van der Waals surface area contributed by atoms with Crippen LogP contribution in [-0.4, -0.2) is 11.7 Å². The molecular formula is C17H17NO2. The van der Waals surface area contributed by atoms with Crippen LogP contribution in [0.1, 0.15) is 29.7 Å². The number of rotatable bonds is 5. The Bertz CT molecular complexity index is 599. The lowest BCUT2D eigenvalue weighted by Gasteiger charge is -2.13. The van der Waals surface area contributed by atoms with Crippen molar-refractivity contribution in [1.29, 1.82) is 5.26 Å². The normalized spacial score (nSPS) is 11.7. The van der Waals surface area contributed by atoms with E-state index in [1.54, 1.807) is 24.3 Å². The Hall–Kier alpha value is -2.31.